The van der Waals surface area contributed by atoms with Crippen molar-refractivity contribution in [2.24, 2.45) is 0 Å². The van der Waals surface area contributed by atoms with Gasteiger partial charge in [0.2, 0.25) is 0 Å². The molecule has 0 aliphatic heterocycles. The molecule has 12 heteroatoms. The van der Waals surface area contributed by atoms with E-state index >= 15 is 0 Å². The van der Waals surface area contributed by atoms with E-state index in [1.165, 1.54) is 0 Å². The van der Waals surface area contributed by atoms with Crippen LogP contribution < -0.4 is 0 Å². The number of hydrogen-bond donors (Lipinski definition) is 0. The molecule has 4 nitrogen and oxygen atoms in total. The number of esters is 2. The molecule has 0 aromatic rings. The van der Waals surface area contributed by atoms with Crippen LogP contribution in [-0.4, -0.2) is 61.7 Å². The van der Waals surface area contributed by atoms with Crippen molar-refractivity contribution < 1.29 is 54.2 Å². The van der Waals surface area contributed by atoms with Crippen molar-refractivity contribution in [2.45, 2.75) is 103 Å². The summed E-state index contributed by atoms with van der Waals surface area (Å²) in [5, 5.41) is 0. The lowest BCUT2D eigenvalue weighted by molar-refractivity contribution is -0.177. The third-order valence-corrected chi connectivity index (χ3v) is 5.97. The van der Waals surface area contributed by atoms with Crippen LogP contribution in [0.2, 0.25) is 0 Å². The average Bonchev–Trinajstić information content (AvgIpc) is 2.84. The molecule has 0 amide bonds. The SMILES string of the molecule is C/C(C(=O)OC(C)(F)CF)=C(/CCCCCC/C(=C(/C)C(=O)OC(C)(F)CF)C(C)(F)CF)C(C)(F)CF. The number of alkyl halides is 8. The molecule has 38 heavy (non-hydrogen) atoms. The standard InChI is InChI=1S/C26H38F8O4/c1-17(21(35)37-25(5,33)15-29)19(23(3,31)13-27)11-9-7-8-10-12-20(24(4,32)14-28)18(2)22(36)38-26(6,34)16-30/h7-16H2,1-6H3/b19-17+,20-18+. The lowest BCUT2D eigenvalue weighted by Gasteiger charge is -2.25. The summed E-state index contributed by atoms with van der Waals surface area (Å²) >= 11 is 0. The summed E-state index contributed by atoms with van der Waals surface area (Å²) in [7, 11) is 0. The summed E-state index contributed by atoms with van der Waals surface area (Å²) < 4.78 is 118. The minimum absolute atomic E-state index is 0.131. The molecule has 0 spiro atoms. The van der Waals surface area contributed by atoms with E-state index in [1.807, 2.05) is 0 Å². The third kappa shape index (κ3) is 11.3. The average molecular weight is 567 g/mol. The van der Waals surface area contributed by atoms with Crippen molar-refractivity contribution in [3.05, 3.63) is 22.3 Å². The second-order valence-electron chi connectivity index (χ2n) is 10.0. The van der Waals surface area contributed by atoms with Crippen molar-refractivity contribution in [3.63, 3.8) is 0 Å². The molecule has 0 saturated heterocycles. The zero-order chi connectivity index (χ0) is 29.9. The molecule has 0 aliphatic carbocycles. The molecule has 0 fully saturated rings. The molecular formula is C26H38F8O4. The smallest absolute Gasteiger partial charge is 0.336 e. The first kappa shape index (κ1) is 35.9. The van der Waals surface area contributed by atoms with E-state index < -0.39 is 72.8 Å². The van der Waals surface area contributed by atoms with Gasteiger partial charge in [-0.1, -0.05) is 12.8 Å². The molecule has 0 bridgehead atoms. The molecular weight excluding hydrogens is 528 g/mol. The van der Waals surface area contributed by atoms with Gasteiger partial charge in [-0.05, 0) is 64.5 Å². The Bertz CT molecular complexity index is 793. The molecule has 0 saturated carbocycles. The van der Waals surface area contributed by atoms with Crippen LogP contribution in [0.25, 0.3) is 0 Å². The maximum atomic E-state index is 14.8. The minimum Gasteiger partial charge on any atom is -0.423 e. The Hall–Kier alpha value is -2.14. The van der Waals surface area contributed by atoms with Crippen molar-refractivity contribution >= 4 is 11.9 Å². The largest absolute Gasteiger partial charge is 0.423 e. The highest BCUT2D eigenvalue weighted by Crippen LogP contribution is 2.33. The lowest BCUT2D eigenvalue weighted by Crippen LogP contribution is -2.32. The number of ether oxygens (including phenoxy) is 2. The summed E-state index contributed by atoms with van der Waals surface area (Å²) in [6.45, 7) is -0.856. The monoisotopic (exact) mass is 566 g/mol. The first-order valence-corrected chi connectivity index (χ1v) is 12.2. The van der Waals surface area contributed by atoms with Crippen molar-refractivity contribution in [1.82, 2.24) is 0 Å². The molecule has 222 valence electrons. The topological polar surface area (TPSA) is 52.6 Å². The fraction of sp³-hybridized carbons (Fsp3) is 0.769. The summed E-state index contributed by atoms with van der Waals surface area (Å²) in [5.41, 5.74) is -6.49. The van der Waals surface area contributed by atoms with Gasteiger partial charge in [0.15, 0.2) is 24.7 Å². The Balaban J connectivity index is 5.41. The predicted octanol–water partition coefficient (Wildman–Crippen LogP) is 7.75. The van der Waals surface area contributed by atoms with Gasteiger partial charge in [-0.15, -0.1) is 0 Å². The first-order valence-electron chi connectivity index (χ1n) is 12.2. The normalized spacial score (nSPS) is 19.6. The second kappa shape index (κ2) is 14.9. The van der Waals surface area contributed by atoms with Crippen LogP contribution in [-0.2, 0) is 19.1 Å². The van der Waals surface area contributed by atoms with Crippen LogP contribution >= 0.6 is 0 Å². The molecule has 0 aromatic heterocycles. The summed E-state index contributed by atoms with van der Waals surface area (Å²) in [5.74, 6) is -8.52. The van der Waals surface area contributed by atoms with E-state index in [4.69, 9.17) is 0 Å². The first-order chi connectivity index (χ1) is 17.3. The zero-order valence-electron chi connectivity index (χ0n) is 22.7. The molecule has 4 unspecified atom stereocenters. The van der Waals surface area contributed by atoms with Gasteiger partial charge in [0, 0.05) is 25.0 Å². The van der Waals surface area contributed by atoms with Gasteiger partial charge in [0.05, 0.1) is 0 Å². The van der Waals surface area contributed by atoms with E-state index in [0.717, 1.165) is 27.7 Å². The molecule has 0 aliphatic rings. The lowest BCUT2D eigenvalue weighted by atomic mass is 9.88. The Morgan fingerprint density at radius 2 is 0.842 bits per heavy atom. The van der Waals surface area contributed by atoms with Gasteiger partial charge < -0.3 is 9.47 Å². The maximum Gasteiger partial charge on any atom is 0.336 e. The van der Waals surface area contributed by atoms with Crippen molar-refractivity contribution in [2.75, 3.05) is 26.7 Å². The van der Waals surface area contributed by atoms with E-state index in [1.54, 1.807) is 0 Å². The molecule has 4 atom stereocenters. The Morgan fingerprint density at radius 3 is 1.08 bits per heavy atom. The Labute approximate surface area is 218 Å². The van der Waals surface area contributed by atoms with Crippen LogP contribution in [0.3, 0.4) is 0 Å². The highest BCUT2D eigenvalue weighted by atomic mass is 19.2. The highest BCUT2D eigenvalue weighted by Gasteiger charge is 2.36. The van der Waals surface area contributed by atoms with Gasteiger partial charge >= 0.3 is 11.9 Å². The van der Waals surface area contributed by atoms with Gasteiger partial charge in [0.25, 0.3) is 11.7 Å². The van der Waals surface area contributed by atoms with Gasteiger partial charge in [-0.3, -0.25) is 0 Å². The quantitative estimate of drug-likeness (QED) is 0.0782. The number of carbonyl (C=O) groups is 2. The van der Waals surface area contributed by atoms with Crippen molar-refractivity contribution in [1.29, 1.82) is 0 Å². The van der Waals surface area contributed by atoms with E-state index in [9.17, 15) is 44.7 Å². The number of carbonyl (C=O) groups excluding carboxylic acids is 2. The van der Waals surface area contributed by atoms with Gasteiger partial charge in [0.1, 0.15) is 13.3 Å². The zero-order valence-corrected chi connectivity index (χ0v) is 22.7. The fourth-order valence-corrected chi connectivity index (χ4v) is 3.64. The summed E-state index contributed by atoms with van der Waals surface area (Å²) in [6.07, 6.45) is 0.853. The van der Waals surface area contributed by atoms with Crippen molar-refractivity contribution in [3.8, 4) is 0 Å². The molecule has 0 N–H and O–H groups in total. The number of allylic oxidation sites excluding steroid dienone is 2. The maximum absolute atomic E-state index is 14.8. The Kier molecular flexibility index (Phi) is 14.0. The van der Waals surface area contributed by atoms with E-state index in [-0.39, 0.29) is 36.8 Å². The number of hydrogen-bond acceptors (Lipinski definition) is 4. The van der Waals surface area contributed by atoms with E-state index in [2.05, 4.69) is 9.47 Å². The third-order valence-electron chi connectivity index (χ3n) is 5.97. The molecule has 0 heterocycles. The van der Waals surface area contributed by atoms with Crippen LogP contribution in [0, 0.1) is 0 Å². The van der Waals surface area contributed by atoms with Gasteiger partial charge in [-0.25, -0.2) is 35.9 Å². The number of halogens is 8. The van der Waals surface area contributed by atoms with Crippen LogP contribution in [0.1, 0.15) is 80.1 Å². The van der Waals surface area contributed by atoms with E-state index in [0.29, 0.717) is 26.7 Å². The summed E-state index contributed by atoms with van der Waals surface area (Å²) in [4.78, 5) is 24.3. The van der Waals surface area contributed by atoms with Gasteiger partial charge in [-0.2, -0.15) is 8.78 Å². The molecule has 0 rings (SSSR count). The molecule has 0 radical (unpaired) electrons. The number of rotatable bonds is 17. The van der Waals surface area contributed by atoms with Crippen LogP contribution in [0.5, 0.6) is 0 Å². The fourth-order valence-electron chi connectivity index (χ4n) is 3.64. The summed E-state index contributed by atoms with van der Waals surface area (Å²) in [6, 6.07) is 0. The van der Waals surface area contributed by atoms with Crippen LogP contribution in [0.4, 0.5) is 35.1 Å². The Morgan fingerprint density at radius 1 is 0.553 bits per heavy atom. The highest BCUT2D eigenvalue weighted by molar-refractivity contribution is 5.89. The molecule has 0 aromatic carbocycles. The predicted molar refractivity (Wildman–Crippen MR) is 127 cm³/mol. The minimum atomic E-state index is -2.93. The van der Waals surface area contributed by atoms with Crippen LogP contribution in [0.15, 0.2) is 22.3 Å². The second-order valence-corrected chi connectivity index (χ2v) is 10.0. The number of unbranched alkanes of at least 4 members (excludes halogenated alkanes) is 3.